The Kier molecular flexibility index (Phi) is 12.6. The minimum Gasteiger partial charge on any atom is -0.501 e. The smallest absolute Gasteiger partial charge is 0.136 e. The average Bonchev–Trinajstić information content (AvgIpc) is 4.05. The maximum Gasteiger partial charge on any atom is 0.136 e. The van der Waals surface area contributed by atoms with Crippen molar-refractivity contribution in [3.63, 3.8) is 0 Å². The Bertz CT molecular complexity index is 3930. The van der Waals surface area contributed by atoms with E-state index in [-0.39, 0.29) is 42.8 Å². The summed E-state index contributed by atoms with van der Waals surface area (Å²) < 4.78 is 15.6. The zero-order valence-corrected chi connectivity index (χ0v) is 45.0. The summed E-state index contributed by atoms with van der Waals surface area (Å²) in [7, 11) is 0. The topological polar surface area (TPSA) is 69.9 Å². The molecule has 0 bridgehead atoms. The summed E-state index contributed by atoms with van der Waals surface area (Å²) >= 11 is 0. The third-order valence-corrected chi connectivity index (χ3v) is 13.7. The number of aromatic nitrogens is 4. The second kappa shape index (κ2) is 18.8. The molecule has 0 unspecified atom stereocenters. The van der Waals surface area contributed by atoms with Gasteiger partial charge in [-0.15, -0.1) is 54.1 Å². The summed E-state index contributed by atoms with van der Waals surface area (Å²) in [6.07, 6.45) is 1.81. The van der Waals surface area contributed by atoms with Gasteiger partial charge in [-0.1, -0.05) is 147 Å². The van der Waals surface area contributed by atoms with Crippen molar-refractivity contribution in [1.82, 2.24) is 19.5 Å². The molecule has 6 nitrogen and oxygen atoms in total. The zero-order chi connectivity index (χ0) is 49.3. The molecule has 12 aromatic rings. The van der Waals surface area contributed by atoms with Gasteiger partial charge in [0.05, 0.1) is 28.3 Å². The van der Waals surface area contributed by atoms with Gasteiger partial charge in [0.25, 0.3) is 0 Å². The molecule has 0 fully saturated rings. The fourth-order valence-corrected chi connectivity index (χ4v) is 10.1. The third-order valence-electron chi connectivity index (χ3n) is 13.7. The van der Waals surface area contributed by atoms with E-state index in [0.29, 0.717) is 0 Å². The number of fused-ring (bicyclic) bond motifs is 8. The second-order valence-electron chi connectivity index (χ2n) is 21.5. The molecule has 0 atom stereocenters. The minimum absolute atomic E-state index is 0. The van der Waals surface area contributed by atoms with Crippen molar-refractivity contribution >= 4 is 65.7 Å². The van der Waals surface area contributed by atoms with Crippen LogP contribution in [0.5, 0.6) is 0 Å². The standard InChI is InChI=1S/C51H43N2O2.C14H15N2.Ir/c1-29(2)37-23-33(31-15-9-8-10-16-31)24-38(30(3)4)48(37)53-44-26-39-32(17-13-21-42(39)51(5,6)7)25-43(44)52-50(53)36-20-14-19-35-41-28-46-40(27-47(41)55-49(35)36)34-18-11-12-22-45(34)54-46;1-14(2,3)12-9-10-15-13(16-12)11-7-5-4-6-8-11;/h8-19,21-30H,1-7H3;4-7,9-10H,1-3H3;/q2*-1;. The minimum atomic E-state index is -0.0391. The number of nitrogens with zero attached hydrogens (tertiary/aromatic N) is 4. The monoisotopic (exact) mass is 1120 g/mol. The molecule has 12 rings (SSSR count). The van der Waals surface area contributed by atoms with Gasteiger partial charge in [-0.25, -0.2) is 0 Å². The molecular weight excluding hydrogens is 1060 g/mol. The molecule has 72 heavy (non-hydrogen) atoms. The number of rotatable bonds is 6. The van der Waals surface area contributed by atoms with Crippen molar-refractivity contribution < 1.29 is 28.9 Å². The van der Waals surface area contributed by atoms with Crippen molar-refractivity contribution in [3.05, 3.63) is 192 Å². The molecular formula is C65H58IrN4O2-2. The van der Waals surface area contributed by atoms with Crippen LogP contribution in [0.25, 0.3) is 105 Å². The normalized spacial score (nSPS) is 12.2. The van der Waals surface area contributed by atoms with E-state index in [1.54, 1.807) is 0 Å². The van der Waals surface area contributed by atoms with Gasteiger partial charge in [0.2, 0.25) is 0 Å². The Balaban J connectivity index is 0.000000300. The SMILES string of the molecule is CC(C)(C)c1ccnc(-c2[c-]cccc2)n1.CC(C)c1cc(-c2ccccc2)cc(C(C)C)c1-n1c(-c2[c-]ccc3c2oc2cc4c(cc23)oc2ccccc24)nc2cc3cccc(C(C)(C)C)c3cc21.[Ir]. The predicted octanol–water partition coefficient (Wildman–Crippen LogP) is 17.9. The molecule has 0 saturated heterocycles. The van der Waals surface area contributed by atoms with Crippen molar-refractivity contribution in [2.24, 2.45) is 0 Å². The van der Waals surface area contributed by atoms with Gasteiger partial charge in [0.15, 0.2) is 0 Å². The van der Waals surface area contributed by atoms with Gasteiger partial charge in [0.1, 0.15) is 16.7 Å². The van der Waals surface area contributed by atoms with E-state index < -0.39 is 0 Å². The van der Waals surface area contributed by atoms with Crippen LogP contribution in [0.15, 0.2) is 167 Å². The first kappa shape index (κ1) is 48.4. The third kappa shape index (κ3) is 8.73. The van der Waals surface area contributed by atoms with Crippen LogP contribution in [0.3, 0.4) is 0 Å². The number of benzene rings is 8. The molecule has 7 heteroatoms. The van der Waals surface area contributed by atoms with Crippen LogP contribution in [-0.4, -0.2) is 19.5 Å². The van der Waals surface area contributed by atoms with Crippen LogP contribution in [-0.2, 0) is 30.9 Å². The number of para-hydroxylation sites is 1. The van der Waals surface area contributed by atoms with Gasteiger partial charge in [-0.2, -0.15) is 0 Å². The van der Waals surface area contributed by atoms with E-state index >= 15 is 0 Å². The van der Waals surface area contributed by atoms with E-state index in [1.807, 2.05) is 54.7 Å². The number of imidazole rings is 1. The van der Waals surface area contributed by atoms with Gasteiger partial charge in [-0.3, -0.25) is 15.0 Å². The van der Waals surface area contributed by atoms with Crippen molar-refractivity contribution in [3.8, 4) is 39.6 Å². The van der Waals surface area contributed by atoms with Crippen LogP contribution in [0.2, 0.25) is 0 Å². The van der Waals surface area contributed by atoms with Crippen molar-refractivity contribution in [2.45, 2.75) is 91.9 Å². The van der Waals surface area contributed by atoms with Gasteiger partial charge in [0, 0.05) is 59.3 Å². The van der Waals surface area contributed by atoms with Crippen LogP contribution in [0.4, 0.5) is 0 Å². The van der Waals surface area contributed by atoms with E-state index in [1.165, 1.54) is 44.3 Å². The second-order valence-corrected chi connectivity index (χ2v) is 21.5. The number of furan rings is 2. The maximum atomic E-state index is 6.90. The largest absolute Gasteiger partial charge is 0.501 e. The summed E-state index contributed by atoms with van der Waals surface area (Å²) in [5, 5.41) is 6.58. The number of hydrogen-bond acceptors (Lipinski definition) is 5. The maximum absolute atomic E-state index is 6.90. The van der Waals surface area contributed by atoms with Crippen molar-refractivity contribution in [2.75, 3.05) is 0 Å². The fourth-order valence-electron chi connectivity index (χ4n) is 10.1. The van der Waals surface area contributed by atoms with Gasteiger partial charge < -0.3 is 13.4 Å². The average molecular weight is 1120 g/mol. The Morgan fingerprint density at radius 3 is 1.93 bits per heavy atom. The molecule has 0 amide bonds. The summed E-state index contributed by atoms with van der Waals surface area (Å²) in [4.78, 5) is 14.4. The first-order chi connectivity index (χ1) is 34.1. The first-order valence-corrected chi connectivity index (χ1v) is 24.8. The molecule has 0 aliphatic carbocycles. The molecule has 0 spiro atoms. The number of hydrogen-bond donors (Lipinski definition) is 0. The fraction of sp³-hybridized carbons (Fsp3) is 0.215. The molecule has 0 aliphatic rings. The van der Waals surface area contributed by atoms with Crippen LogP contribution in [0, 0.1) is 12.1 Å². The first-order valence-electron chi connectivity index (χ1n) is 24.8. The zero-order valence-electron chi connectivity index (χ0n) is 42.6. The van der Waals surface area contributed by atoms with E-state index in [0.717, 1.165) is 83.4 Å². The van der Waals surface area contributed by atoms with Crippen molar-refractivity contribution in [1.29, 1.82) is 0 Å². The quantitative estimate of drug-likeness (QED) is 0.155. The Hall–Kier alpha value is -7.18. The molecule has 4 aromatic heterocycles. The summed E-state index contributed by atoms with van der Waals surface area (Å²) in [6.45, 7) is 22.5. The predicted molar refractivity (Wildman–Crippen MR) is 295 cm³/mol. The van der Waals surface area contributed by atoms with E-state index in [2.05, 4.69) is 199 Å². The summed E-state index contributed by atoms with van der Waals surface area (Å²) in [5.41, 5.74) is 15.6. The van der Waals surface area contributed by atoms with Crippen LogP contribution >= 0.6 is 0 Å². The molecule has 1 radical (unpaired) electrons. The summed E-state index contributed by atoms with van der Waals surface area (Å²) in [5.74, 6) is 2.04. The summed E-state index contributed by atoms with van der Waals surface area (Å²) in [6, 6.07) is 59.9. The molecule has 0 aliphatic heterocycles. The van der Waals surface area contributed by atoms with Gasteiger partial charge in [-0.05, 0) is 104 Å². The van der Waals surface area contributed by atoms with E-state index in [4.69, 9.17) is 13.8 Å². The van der Waals surface area contributed by atoms with Crippen LogP contribution in [0.1, 0.15) is 103 Å². The Labute approximate surface area is 435 Å². The molecule has 0 saturated carbocycles. The van der Waals surface area contributed by atoms with Gasteiger partial charge >= 0.3 is 0 Å². The molecule has 4 heterocycles. The molecule has 361 valence electrons. The Morgan fingerprint density at radius 2 is 1.24 bits per heavy atom. The van der Waals surface area contributed by atoms with Crippen LogP contribution < -0.4 is 0 Å². The van der Waals surface area contributed by atoms with E-state index in [9.17, 15) is 0 Å². The Morgan fingerprint density at radius 1 is 0.542 bits per heavy atom. The molecule has 0 N–H and O–H groups in total. The molecule has 8 aromatic carbocycles.